The molecule has 0 heterocycles. The van der Waals surface area contributed by atoms with E-state index >= 15 is 0 Å². The van der Waals surface area contributed by atoms with Gasteiger partial charge in [0.1, 0.15) is 11.6 Å². The monoisotopic (exact) mass is 304 g/mol. The number of carbonyl (C=O) groups excluding carboxylic acids is 1. The van der Waals surface area contributed by atoms with Gasteiger partial charge in [0.05, 0.1) is 6.61 Å². The van der Waals surface area contributed by atoms with Gasteiger partial charge >= 0.3 is 0 Å². The first kappa shape index (κ1) is 18.7. The molecule has 3 N–H and O–H groups in total. The predicted octanol–water partition coefficient (Wildman–Crippen LogP) is 2.12. The molecule has 6 heteroatoms. The van der Waals surface area contributed by atoms with Gasteiger partial charge in [0, 0.05) is 18.5 Å². The minimum absolute atomic E-state index is 0. The van der Waals surface area contributed by atoms with Crippen LogP contribution in [-0.2, 0) is 4.79 Å². The van der Waals surface area contributed by atoms with E-state index in [4.69, 9.17) is 10.5 Å². The van der Waals surface area contributed by atoms with Crippen LogP contribution in [0.3, 0.4) is 0 Å². The van der Waals surface area contributed by atoms with Gasteiger partial charge in [-0.2, -0.15) is 0 Å². The molecule has 1 amide bonds. The number of rotatable bonds is 7. The van der Waals surface area contributed by atoms with Gasteiger partial charge in [-0.1, -0.05) is 6.92 Å². The smallest absolute Gasteiger partial charge is 0.224 e. The van der Waals surface area contributed by atoms with Crippen LogP contribution >= 0.6 is 12.4 Å². The Bertz CT molecular complexity index is 399. The summed E-state index contributed by atoms with van der Waals surface area (Å²) in [5.74, 6) is 0.0935. The van der Waals surface area contributed by atoms with Crippen LogP contribution in [0.2, 0.25) is 0 Å². The average Bonchev–Trinajstić information content (AvgIpc) is 2.39. The number of ether oxygens (including phenoxy) is 1. The van der Waals surface area contributed by atoms with Gasteiger partial charge in [0.15, 0.2) is 0 Å². The van der Waals surface area contributed by atoms with E-state index in [1.54, 1.807) is 19.1 Å². The highest BCUT2D eigenvalue weighted by Crippen LogP contribution is 2.10. The highest BCUT2D eigenvalue weighted by atomic mass is 35.5. The van der Waals surface area contributed by atoms with Gasteiger partial charge in [-0.25, -0.2) is 4.39 Å². The highest BCUT2D eigenvalue weighted by Gasteiger charge is 2.15. The van der Waals surface area contributed by atoms with Crippen molar-refractivity contribution < 1.29 is 13.9 Å². The lowest BCUT2D eigenvalue weighted by Gasteiger charge is -2.15. The lowest BCUT2D eigenvalue weighted by molar-refractivity contribution is -0.124. The Kier molecular flexibility index (Phi) is 8.92. The van der Waals surface area contributed by atoms with E-state index in [1.807, 2.05) is 6.92 Å². The molecule has 0 aromatic heterocycles. The fourth-order valence-corrected chi connectivity index (χ4v) is 1.40. The van der Waals surface area contributed by atoms with E-state index in [2.05, 4.69) is 5.32 Å². The number of nitrogens with two attached hydrogens (primary N) is 1. The molecule has 0 aliphatic rings. The minimum atomic E-state index is -0.287. The molecule has 1 aromatic carbocycles. The zero-order chi connectivity index (χ0) is 14.3. The first-order valence-corrected chi connectivity index (χ1v) is 6.42. The molecular weight excluding hydrogens is 283 g/mol. The maximum Gasteiger partial charge on any atom is 0.224 e. The molecule has 0 bridgehead atoms. The molecule has 0 fully saturated rings. The van der Waals surface area contributed by atoms with Crippen molar-refractivity contribution >= 4 is 18.3 Å². The summed E-state index contributed by atoms with van der Waals surface area (Å²) >= 11 is 0. The van der Waals surface area contributed by atoms with Crippen LogP contribution in [-0.4, -0.2) is 25.1 Å². The molecule has 2 atom stereocenters. The van der Waals surface area contributed by atoms with Gasteiger partial charge in [-0.3, -0.25) is 4.79 Å². The third kappa shape index (κ3) is 6.73. The first-order chi connectivity index (χ1) is 9.00. The van der Waals surface area contributed by atoms with E-state index in [1.165, 1.54) is 12.1 Å². The number of carbonyl (C=O) groups is 1. The van der Waals surface area contributed by atoms with Crippen molar-refractivity contribution in [3.05, 3.63) is 30.1 Å². The molecule has 2 unspecified atom stereocenters. The second-order valence-corrected chi connectivity index (χ2v) is 4.59. The summed E-state index contributed by atoms with van der Waals surface area (Å²) in [4.78, 5) is 11.6. The minimum Gasteiger partial charge on any atom is -0.494 e. The van der Waals surface area contributed by atoms with Crippen LogP contribution < -0.4 is 15.8 Å². The Balaban J connectivity index is 0.00000361. The molecule has 0 spiro atoms. The molecule has 1 rings (SSSR count). The third-order valence-electron chi connectivity index (χ3n) is 2.90. The maximum atomic E-state index is 12.6. The summed E-state index contributed by atoms with van der Waals surface area (Å²) in [6.45, 7) is 4.62. The van der Waals surface area contributed by atoms with Crippen molar-refractivity contribution in [3.8, 4) is 5.75 Å². The zero-order valence-corrected chi connectivity index (χ0v) is 12.6. The number of amides is 1. The van der Waals surface area contributed by atoms with E-state index in [9.17, 15) is 9.18 Å². The van der Waals surface area contributed by atoms with Crippen LogP contribution in [0.4, 0.5) is 4.39 Å². The van der Waals surface area contributed by atoms with Gasteiger partial charge < -0.3 is 15.8 Å². The third-order valence-corrected chi connectivity index (χ3v) is 2.90. The Morgan fingerprint density at radius 2 is 1.95 bits per heavy atom. The van der Waals surface area contributed by atoms with Gasteiger partial charge in [0.2, 0.25) is 5.91 Å². The maximum absolute atomic E-state index is 12.6. The van der Waals surface area contributed by atoms with Crippen LogP contribution in [0.5, 0.6) is 5.75 Å². The van der Waals surface area contributed by atoms with E-state index in [0.717, 1.165) is 0 Å². The largest absolute Gasteiger partial charge is 0.494 e. The Morgan fingerprint density at radius 1 is 1.35 bits per heavy atom. The number of nitrogens with one attached hydrogen (secondary N) is 1. The summed E-state index contributed by atoms with van der Waals surface area (Å²) in [5.41, 5.74) is 5.64. The Morgan fingerprint density at radius 3 is 2.50 bits per heavy atom. The molecule has 0 radical (unpaired) electrons. The van der Waals surface area contributed by atoms with Crippen LogP contribution in [0.15, 0.2) is 24.3 Å². The number of hydrogen-bond donors (Lipinski definition) is 2. The van der Waals surface area contributed by atoms with E-state index in [-0.39, 0.29) is 36.1 Å². The second-order valence-electron chi connectivity index (χ2n) is 4.59. The van der Waals surface area contributed by atoms with Crippen molar-refractivity contribution in [2.45, 2.75) is 26.3 Å². The summed E-state index contributed by atoms with van der Waals surface area (Å²) in [5, 5.41) is 2.80. The number of benzene rings is 1. The quantitative estimate of drug-likeness (QED) is 0.758. The summed E-state index contributed by atoms with van der Waals surface area (Å²) in [6, 6.07) is 5.69. The molecular formula is C14H22ClFN2O2. The van der Waals surface area contributed by atoms with Crippen molar-refractivity contribution in [2.75, 3.05) is 13.2 Å². The molecule has 114 valence electrons. The van der Waals surface area contributed by atoms with E-state index in [0.29, 0.717) is 25.3 Å². The average molecular weight is 305 g/mol. The summed E-state index contributed by atoms with van der Waals surface area (Å²) in [7, 11) is 0. The standard InChI is InChI=1S/C14H21FN2O2.ClH/c1-10(11(2)16)14(18)17-8-3-9-19-13-6-4-12(15)5-7-13;/h4-7,10-11H,3,8-9,16H2,1-2H3,(H,17,18);1H. The predicted molar refractivity (Wildman–Crippen MR) is 79.6 cm³/mol. The van der Waals surface area contributed by atoms with Crippen molar-refractivity contribution in [1.29, 1.82) is 0 Å². The van der Waals surface area contributed by atoms with Crippen molar-refractivity contribution in [3.63, 3.8) is 0 Å². The highest BCUT2D eigenvalue weighted by molar-refractivity contribution is 5.85. The molecule has 4 nitrogen and oxygen atoms in total. The van der Waals surface area contributed by atoms with Gasteiger partial charge in [-0.05, 0) is 37.6 Å². The summed E-state index contributed by atoms with van der Waals surface area (Å²) < 4.78 is 18.1. The van der Waals surface area contributed by atoms with Crippen molar-refractivity contribution in [1.82, 2.24) is 5.32 Å². The fourth-order valence-electron chi connectivity index (χ4n) is 1.40. The lowest BCUT2D eigenvalue weighted by Crippen LogP contribution is -2.39. The lowest BCUT2D eigenvalue weighted by atomic mass is 10.0. The molecule has 0 aliphatic carbocycles. The number of halogens is 2. The number of hydrogen-bond acceptors (Lipinski definition) is 3. The molecule has 0 saturated heterocycles. The molecule has 0 aliphatic heterocycles. The zero-order valence-electron chi connectivity index (χ0n) is 11.8. The SMILES string of the molecule is CC(N)C(C)C(=O)NCCCOc1ccc(F)cc1.Cl. The Labute approximate surface area is 125 Å². The Hall–Kier alpha value is -1.33. The van der Waals surface area contributed by atoms with Crippen LogP contribution in [0, 0.1) is 11.7 Å². The molecule has 1 aromatic rings. The van der Waals surface area contributed by atoms with Crippen LogP contribution in [0.25, 0.3) is 0 Å². The fraction of sp³-hybridized carbons (Fsp3) is 0.500. The topological polar surface area (TPSA) is 64.4 Å². The molecule has 0 saturated carbocycles. The van der Waals surface area contributed by atoms with Gasteiger partial charge in [0.25, 0.3) is 0 Å². The summed E-state index contributed by atoms with van der Waals surface area (Å²) in [6.07, 6.45) is 0.689. The second kappa shape index (κ2) is 9.55. The van der Waals surface area contributed by atoms with Gasteiger partial charge in [-0.15, -0.1) is 12.4 Å². The molecule has 20 heavy (non-hydrogen) atoms. The normalized spacial score (nSPS) is 13.0. The van der Waals surface area contributed by atoms with Crippen molar-refractivity contribution in [2.24, 2.45) is 11.7 Å². The van der Waals surface area contributed by atoms with Crippen LogP contribution in [0.1, 0.15) is 20.3 Å². The van der Waals surface area contributed by atoms with E-state index < -0.39 is 0 Å². The first-order valence-electron chi connectivity index (χ1n) is 6.42.